The van der Waals surface area contributed by atoms with Crippen LogP contribution < -0.4 is 9.47 Å². The molecule has 0 bridgehead atoms. The van der Waals surface area contributed by atoms with Crippen molar-refractivity contribution in [1.29, 1.82) is 0 Å². The van der Waals surface area contributed by atoms with E-state index in [1.807, 2.05) is 88.0 Å². The Labute approximate surface area is 255 Å². The van der Waals surface area contributed by atoms with Gasteiger partial charge in [-0.15, -0.1) is 10.2 Å². The normalized spacial score (nSPS) is 19.7. The molecule has 222 valence electrons. The van der Waals surface area contributed by atoms with Gasteiger partial charge in [-0.1, -0.05) is 54.2 Å². The van der Waals surface area contributed by atoms with E-state index < -0.39 is 0 Å². The summed E-state index contributed by atoms with van der Waals surface area (Å²) in [6.45, 7) is 3.63. The number of rotatable bonds is 9. The second kappa shape index (κ2) is 12.5. The molecule has 2 aliphatic rings. The van der Waals surface area contributed by atoms with E-state index in [2.05, 4.69) is 22.3 Å². The Balaban J connectivity index is 1.12. The molecule has 1 aliphatic carbocycles. The first-order valence-electron chi connectivity index (χ1n) is 14.5. The molecule has 1 aliphatic heterocycles. The number of carbonyl (C=O) groups is 2. The van der Waals surface area contributed by atoms with E-state index in [0.29, 0.717) is 36.5 Å². The Morgan fingerprint density at radius 1 is 0.907 bits per heavy atom. The van der Waals surface area contributed by atoms with Gasteiger partial charge in [-0.2, -0.15) is 0 Å². The summed E-state index contributed by atoms with van der Waals surface area (Å²) in [7, 11) is 3.26. The third kappa shape index (κ3) is 6.10. The number of hydrogen-bond donors (Lipinski definition) is 0. The molecular weight excluding hydrogens is 562 g/mol. The Morgan fingerprint density at radius 2 is 1.67 bits per heavy atom. The minimum atomic E-state index is -0.0326. The Hall–Kier alpha value is -4.31. The Morgan fingerprint density at radius 3 is 2.40 bits per heavy atom. The number of methoxy groups -OCH3 is 2. The molecule has 4 aromatic rings. The maximum Gasteiger partial charge on any atom is 0.233 e. The van der Waals surface area contributed by atoms with E-state index in [-0.39, 0.29) is 29.5 Å². The minimum absolute atomic E-state index is 0.0183. The lowest BCUT2D eigenvalue weighted by atomic mass is 10.1. The number of nitrogens with zero attached hydrogens (tertiary/aromatic N) is 5. The van der Waals surface area contributed by atoms with Gasteiger partial charge in [-0.05, 0) is 61.2 Å². The zero-order chi connectivity index (χ0) is 29.9. The molecule has 2 heterocycles. The fourth-order valence-corrected chi connectivity index (χ4v) is 6.61. The fraction of sp³-hybridized carbons (Fsp3) is 0.333. The first kappa shape index (κ1) is 28.8. The fourth-order valence-electron chi connectivity index (χ4n) is 5.76. The number of amides is 2. The lowest BCUT2D eigenvalue weighted by Crippen LogP contribution is -2.56. The van der Waals surface area contributed by atoms with Crippen LogP contribution >= 0.6 is 11.8 Å². The average molecular weight is 598 g/mol. The first-order valence-corrected chi connectivity index (χ1v) is 15.5. The second-order valence-electron chi connectivity index (χ2n) is 10.9. The van der Waals surface area contributed by atoms with E-state index in [0.717, 1.165) is 29.2 Å². The van der Waals surface area contributed by atoms with Crippen molar-refractivity contribution in [1.82, 2.24) is 24.6 Å². The largest absolute Gasteiger partial charge is 0.497 e. The molecule has 0 N–H and O–H groups in total. The van der Waals surface area contributed by atoms with Crippen molar-refractivity contribution in [2.75, 3.05) is 39.6 Å². The van der Waals surface area contributed by atoms with Crippen LogP contribution in [-0.2, 0) is 9.59 Å². The van der Waals surface area contributed by atoms with Crippen LogP contribution in [0.3, 0.4) is 0 Å². The molecule has 43 heavy (non-hydrogen) atoms. The molecule has 10 heteroatoms. The van der Waals surface area contributed by atoms with Crippen LogP contribution in [0.2, 0.25) is 0 Å². The molecule has 0 spiro atoms. The highest BCUT2D eigenvalue weighted by atomic mass is 32.2. The van der Waals surface area contributed by atoms with Gasteiger partial charge >= 0.3 is 0 Å². The summed E-state index contributed by atoms with van der Waals surface area (Å²) in [6, 6.07) is 25.5. The molecule has 9 nitrogen and oxygen atoms in total. The lowest BCUT2D eigenvalue weighted by Gasteiger charge is -2.40. The molecule has 1 saturated heterocycles. The van der Waals surface area contributed by atoms with Crippen molar-refractivity contribution in [3.8, 4) is 28.6 Å². The lowest BCUT2D eigenvalue weighted by molar-refractivity contribution is -0.142. The topological polar surface area (TPSA) is 89.8 Å². The molecule has 6 rings (SSSR count). The van der Waals surface area contributed by atoms with Gasteiger partial charge in [0.1, 0.15) is 11.5 Å². The number of thioether (sulfide) groups is 1. The third-order valence-electron chi connectivity index (χ3n) is 8.22. The van der Waals surface area contributed by atoms with Crippen LogP contribution in [0, 0.1) is 5.92 Å². The smallest absolute Gasteiger partial charge is 0.233 e. The first-order chi connectivity index (χ1) is 21.0. The molecule has 3 aromatic carbocycles. The van der Waals surface area contributed by atoms with Crippen molar-refractivity contribution in [3.05, 3.63) is 84.4 Å². The van der Waals surface area contributed by atoms with Crippen molar-refractivity contribution >= 4 is 23.6 Å². The van der Waals surface area contributed by atoms with Crippen LogP contribution in [-0.4, -0.2) is 82.0 Å². The third-order valence-corrected chi connectivity index (χ3v) is 9.13. The summed E-state index contributed by atoms with van der Waals surface area (Å²) in [4.78, 5) is 30.5. The van der Waals surface area contributed by atoms with Gasteiger partial charge in [0.2, 0.25) is 11.8 Å². The molecule has 2 fully saturated rings. The molecule has 0 radical (unpaired) electrons. The summed E-state index contributed by atoms with van der Waals surface area (Å²) < 4.78 is 12.7. The van der Waals surface area contributed by atoms with Crippen molar-refractivity contribution in [3.63, 3.8) is 0 Å². The van der Waals surface area contributed by atoms with Gasteiger partial charge in [-0.3, -0.25) is 14.2 Å². The van der Waals surface area contributed by atoms with E-state index in [4.69, 9.17) is 9.47 Å². The molecule has 1 aromatic heterocycles. The van der Waals surface area contributed by atoms with Gasteiger partial charge in [-0.25, -0.2) is 0 Å². The van der Waals surface area contributed by atoms with Crippen molar-refractivity contribution < 1.29 is 19.1 Å². The highest BCUT2D eigenvalue weighted by Gasteiger charge is 2.47. The highest BCUT2D eigenvalue weighted by molar-refractivity contribution is 7.99. The standard InChI is InChI=1S/C33H35N5O4S/c1-22-20-36(16-17-37(22)32(40)29-19-28(29)23-8-5-4-6-9-23)30(39)21-43-33-35-34-31(24-10-7-11-27(18-24)42-3)38(33)25-12-14-26(41-2)15-13-25/h4-15,18,22,28-29H,16-17,19-21H2,1-3H3. The molecular formula is C33H35N5O4S. The minimum Gasteiger partial charge on any atom is -0.497 e. The predicted molar refractivity (Wildman–Crippen MR) is 166 cm³/mol. The second-order valence-corrected chi connectivity index (χ2v) is 11.9. The van der Waals surface area contributed by atoms with Gasteiger partial charge in [0.25, 0.3) is 0 Å². The summed E-state index contributed by atoms with van der Waals surface area (Å²) in [5.41, 5.74) is 2.94. The van der Waals surface area contributed by atoms with E-state index in [1.54, 1.807) is 14.2 Å². The maximum atomic E-state index is 13.4. The van der Waals surface area contributed by atoms with E-state index >= 15 is 0 Å². The number of carbonyl (C=O) groups excluding carboxylic acids is 2. The Kier molecular flexibility index (Phi) is 8.38. The van der Waals surface area contributed by atoms with Gasteiger partial charge in [0, 0.05) is 42.8 Å². The van der Waals surface area contributed by atoms with Crippen LogP contribution in [0.15, 0.2) is 84.0 Å². The van der Waals surface area contributed by atoms with Crippen LogP contribution in [0.25, 0.3) is 17.1 Å². The van der Waals surface area contributed by atoms with Gasteiger partial charge in [0.05, 0.1) is 20.0 Å². The number of hydrogen-bond acceptors (Lipinski definition) is 7. The van der Waals surface area contributed by atoms with Gasteiger partial charge in [0.15, 0.2) is 11.0 Å². The van der Waals surface area contributed by atoms with Crippen molar-refractivity contribution in [2.45, 2.75) is 30.5 Å². The van der Waals surface area contributed by atoms with E-state index in [1.165, 1.54) is 17.3 Å². The number of ether oxygens (including phenoxy) is 2. The highest BCUT2D eigenvalue weighted by Crippen LogP contribution is 2.48. The molecule has 1 saturated carbocycles. The zero-order valence-corrected chi connectivity index (χ0v) is 25.4. The van der Waals surface area contributed by atoms with Crippen molar-refractivity contribution in [2.24, 2.45) is 5.92 Å². The molecule has 3 unspecified atom stereocenters. The Bertz CT molecular complexity index is 1590. The summed E-state index contributed by atoms with van der Waals surface area (Å²) in [5.74, 6) is 2.90. The maximum absolute atomic E-state index is 13.4. The summed E-state index contributed by atoms with van der Waals surface area (Å²) in [5, 5.41) is 9.58. The predicted octanol–water partition coefficient (Wildman–Crippen LogP) is 4.91. The average Bonchev–Trinajstić information content (AvgIpc) is 3.75. The van der Waals surface area contributed by atoms with Crippen LogP contribution in [0.5, 0.6) is 11.5 Å². The van der Waals surface area contributed by atoms with Crippen LogP contribution in [0.1, 0.15) is 24.8 Å². The number of aromatic nitrogens is 3. The number of piperazine rings is 1. The SMILES string of the molecule is COc1ccc(-n2c(SCC(=O)N3CCN(C(=O)C4CC4c4ccccc4)C(C)C3)nnc2-c2cccc(OC)c2)cc1. The monoisotopic (exact) mass is 597 g/mol. The molecule has 3 atom stereocenters. The quantitative estimate of drug-likeness (QED) is 0.254. The summed E-state index contributed by atoms with van der Waals surface area (Å²) in [6.07, 6.45) is 0.901. The molecule has 2 amide bonds. The van der Waals surface area contributed by atoms with Crippen LogP contribution in [0.4, 0.5) is 0 Å². The van der Waals surface area contributed by atoms with Gasteiger partial charge < -0.3 is 19.3 Å². The zero-order valence-electron chi connectivity index (χ0n) is 24.6. The van der Waals surface area contributed by atoms with E-state index in [9.17, 15) is 9.59 Å². The number of benzene rings is 3. The summed E-state index contributed by atoms with van der Waals surface area (Å²) >= 11 is 1.36.